The van der Waals surface area contributed by atoms with Crippen LogP contribution in [0.4, 0.5) is 8.78 Å². The van der Waals surface area contributed by atoms with Crippen molar-refractivity contribution in [3.05, 3.63) is 29.8 Å². The summed E-state index contributed by atoms with van der Waals surface area (Å²) in [6.45, 7) is 5.24. The van der Waals surface area contributed by atoms with Gasteiger partial charge in [0.05, 0.1) is 0 Å². The molecular weight excluding hydrogens is 352 g/mol. The van der Waals surface area contributed by atoms with E-state index in [9.17, 15) is 8.78 Å². The van der Waals surface area contributed by atoms with E-state index in [1.165, 1.54) is 0 Å². The van der Waals surface area contributed by atoms with Gasteiger partial charge in [0.2, 0.25) is 0 Å². The number of rotatable bonds is 7. The number of nitrogens with one attached hydrogen (secondary N) is 1. The van der Waals surface area contributed by atoms with Gasteiger partial charge in [-0.3, -0.25) is 9.89 Å². The zero-order chi connectivity index (χ0) is 19.8. The standard InChI is InChI=1S/C19H31F2N5O/c1-15(26-11-9-24(3)10-12-26)13-23-19(22-2)25(4)14-16-5-7-17(8-6-16)27-18(20)21/h5-8,15,18H,9-14H2,1-4H3,(H,22,23). The molecule has 0 radical (unpaired) electrons. The van der Waals surface area contributed by atoms with Gasteiger partial charge in [-0.15, -0.1) is 0 Å². The van der Waals surface area contributed by atoms with Crippen molar-refractivity contribution in [1.82, 2.24) is 20.0 Å². The van der Waals surface area contributed by atoms with Crippen LogP contribution < -0.4 is 10.1 Å². The molecule has 6 nitrogen and oxygen atoms in total. The Morgan fingerprint density at radius 3 is 2.41 bits per heavy atom. The second-order valence-electron chi connectivity index (χ2n) is 6.99. The van der Waals surface area contributed by atoms with Gasteiger partial charge in [-0.25, -0.2) is 0 Å². The van der Waals surface area contributed by atoms with E-state index in [0.29, 0.717) is 12.6 Å². The predicted octanol–water partition coefficient (Wildman–Crippen LogP) is 1.93. The molecule has 1 aromatic carbocycles. The molecule has 1 saturated heterocycles. The van der Waals surface area contributed by atoms with E-state index in [-0.39, 0.29) is 5.75 Å². The smallest absolute Gasteiger partial charge is 0.387 e. The van der Waals surface area contributed by atoms with Crippen LogP contribution in [0.1, 0.15) is 12.5 Å². The monoisotopic (exact) mass is 383 g/mol. The third kappa shape index (κ3) is 6.95. The van der Waals surface area contributed by atoms with Crippen LogP contribution in [0.15, 0.2) is 29.3 Å². The van der Waals surface area contributed by atoms with Crippen LogP contribution in [0.3, 0.4) is 0 Å². The summed E-state index contributed by atoms with van der Waals surface area (Å²) in [4.78, 5) is 11.2. The zero-order valence-corrected chi connectivity index (χ0v) is 16.7. The Morgan fingerprint density at radius 1 is 1.22 bits per heavy atom. The van der Waals surface area contributed by atoms with E-state index < -0.39 is 6.61 Å². The summed E-state index contributed by atoms with van der Waals surface area (Å²) in [5.74, 6) is 0.976. The topological polar surface area (TPSA) is 43.3 Å². The lowest BCUT2D eigenvalue weighted by Gasteiger charge is -2.37. The molecule has 0 aliphatic carbocycles. The van der Waals surface area contributed by atoms with Crippen LogP contribution in [0, 0.1) is 0 Å². The molecule has 1 unspecified atom stereocenters. The summed E-state index contributed by atoms with van der Waals surface area (Å²) in [6.07, 6.45) is 0. The molecule has 0 spiro atoms. The summed E-state index contributed by atoms with van der Waals surface area (Å²) in [5, 5.41) is 3.43. The number of aliphatic imine (C=N–C) groups is 1. The second-order valence-corrected chi connectivity index (χ2v) is 6.99. The molecule has 1 fully saturated rings. The zero-order valence-electron chi connectivity index (χ0n) is 16.7. The maximum atomic E-state index is 12.2. The lowest BCUT2D eigenvalue weighted by Crippen LogP contribution is -2.52. The molecule has 152 valence electrons. The molecule has 27 heavy (non-hydrogen) atoms. The van der Waals surface area contributed by atoms with Crippen molar-refractivity contribution >= 4 is 5.96 Å². The summed E-state index contributed by atoms with van der Waals surface area (Å²) in [5.41, 5.74) is 0.995. The molecule has 0 saturated carbocycles. The van der Waals surface area contributed by atoms with Crippen LogP contribution in [0.2, 0.25) is 0 Å². The van der Waals surface area contributed by atoms with Crippen molar-refractivity contribution in [2.24, 2.45) is 4.99 Å². The Kier molecular flexibility index (Phi) is 8.24. The van der Waals surface area contributed by atoms with Crippen LogP contribution in [-0.2, 0) is 6.54 Å². The highest BCUT2D eigenvalue weighted by Crippen LogP contribution is 2.15. The Balaban J connectivity index is 1.82. The number of likely N-dealkylation sites (N-methyl/N-ethyl adjacent to an activating group) is 1. The molecule has 1 atom stereocenters. The van der Waals surface area contributed by atoms with Gasteiger partial charge in [0.1, 0.15) is 5.75 Å². The third-order valence-corrected chi connectivity index (χ3v) is 4.86. The van der Waals surface area contributed by atoms with Crippen LogP contribution >= 0.6 is 0 Å². The number of nitrogens with zero attached hydrogens (tertiary/aromatic N) is 4. The van der Waals surface area contributed by atoms with Crippen molar-refractivity contribution in [2.75, 3.05) is 53.9 Å². The Hall–Kier alpha value is -1.93. The molecule has 8 heteroatoms. The average Bonchev–Trinajstić information content (AvgIpc) is 2.64. The number of piperazine rings is 1. The van der Waals surface area contributed by atoms with E-state index >= 15 is 0 Å². The fourth-order valence-corrected chi connectivity index (χ4v) is 3.14. The lowest BCUT2D eigenvalue weighted by atomic mass is 10.2. The number of halogens is 2. The SMILES string of the molecule is CN=C(NCC(C)N1CCN(C)CC1)N(C)Cc1ccc(OC(F)F)cc1. The number of alkyl halides is 2. The van der Waals surface area contributed by atoms with E-state index in [4.69, 9.17) is 0 Å². The van der Waals surface area contributed by atoms with E-state index in [0.717, 1.165) is 44.2 Å². The van der Waals surface area contributed by atoms with Gasteiger partial charge in [0.25, 0.3) is 0 Å². The molecule has 0 amide bonds. The summed E-state index contributed by atoms with van der Waals surface area (Å²) >= 11 is 0. The van der Waals surface area contributed by atoms with Gasteiger partial charge in [0.15, 0.2) is 5.96 Å². The molecule has 0 aromatic heterocycles. The largest absolute Gasteiger partial charge is 0.435 e. The van der Waals surface area contributed by atoms with E-state index in [1.54, 1.807) is 31.3 Å². The van der Waals surface area contributed by atoms with Crippen molar-refractivity contribution in [3.8, 4) is 5.75 Å². The van der Waals surface area contributed by atoms with Crippen LogP contribution in [-0.4, -0.2) is 87.2 Å². The molecule has 0 bridgehead atoms. The average molecular weight is 383 g/mol. The quantitative estimate of drug-likeness (QED) is 0.576. The van der Waals surface area contributed by atoms with Gasteiger partial charge in [-0.2, -0.15) is 8.78 Å². The first-order chi connectivity index (χ1) is 12.9. The number of hydrogen-bond acceptors (Lipinski definition) is 4. The van der Waals surface area contributed by atoms with Gasteiger partial charge in [-0.1, -0.05) is 12.1 Å². The fraction of sp³-hybridized carbons (Fsp3) is 0.632. The number of hydrogen-bond donors (Lipinski definition) is 1. The number of ether oxygens (including phenoxy) is 1. The highest BCUT2D eigenvalue weighted by Gasteiger charge is 2.19. The van der Waals surface area contributed by atoms with E-state index in [1.807, 2.05) is 11.9 Å². The van der Waals surface area contributed by atoms with Gasteiger partial charge >= 0.3 is 6.61 Å². The first kappa shape index (κ1) is 21.4. The summed E-state index contributed by atoms with van der Waals surface area (Å²) in [6, 6.07) is 7.11. The van der Waals surface area contributed by atoms with Crippen LogP contribution in [0.25, 0.3) is 0 Å². The number of benzene rings is 1. The summed E-state index contributed by atoms with van der Waals surface area (Å²) in [7, 11) is 5.88. The van der Waals surface area contributed by atoms with Gasteiger partial charge in [0, 0.05) is 59.4 Å². The van der Waals surface area contributed by atoms with Crippen molar-refractivity contribution in [2.45, 2.75) is 26.1 Å². The fourth-order valence-electron chi connectivity index (χ4n) is 3.14. The highest BCUT2D eigenvalue weighted by atomic mass is 19.3. The molecule has 1 heterocycles. The molecular formula is C19H31F2N5O. The second kappa shape index (κ2) is 10.4. The molecule has 2 rings (SSSR count). The Labute approximate surface area is 160 Å². The third-order valence-electron chi connectivity index (χ3n) is 4.86. The maximum Gasteiger partial charge on any atom is 0.387 e. The molecule has 1 aliphatic rings. The first-order valence-corrected chi connectivity index (χ1v) is 9.27. The van der Waals surface area contributed by atoms with E-state index in [2.05, 4.69) is 38.8 Å². The Morgan fingerprint density at radius 2 is 1.85 bits per heavy atom. The highest BCUT2D eigenvalue weighted by molar-refractivity contribution is 5.79. The van der Waals surface area contributed by atoms with Gasteiger partial charge < -0.3 is 19.9 Å². The van der Waals surface area contributed by atoms with Crippen molar-refractivity contribution in [3.63, 3.8) is 0 Å². The predicted molar refractivity (Wildman–Crippen MR) is 104 cm³/mol. The normalized spacial score (nSPS) is 17.8. The van der Waals surface area contributed by atoms with Gasteiger partial charge in [-0.05, 0) is 31.7 Å². The van der Waals surface area contributed by atoms with Crippen molar-refractivity contribution in [1.29, 1.82) is 0 Å². The van der Waals surface area contributed by atoms with Crippen LogP contribution in [0.5, 0.6) is 5.75 Å². The first-order valence-electron chi connectivity index (χ1n) is 9.27. The maximum absolute atomic E-state index is 12.2. The molecule has 1 aliphatic heterocycles. The molecule has 1 N–H and O–H groups in total. The Bertz CT molecular complexity index is 588. The molecule has 1 aromatic rings. The van der Waals surface area contributed by atoms with Crippen molar-refractivity contribution < 1.29 is 13.5 Å². The number of guanidine groups is 1. The minimum absolute atomic E-state index is 0.167. The lowest BCUT2D eigenvalue weighted by molar-refractivity contribution is -0.0498. The minimum atomic E-state index is -2.80. The summed E-state index contributed by atoms with van der Waals surface area (Å²) < 4.78 is 28.8. The minimum Gasteiger partial charge on any atom is -0.435 e.